The number of amides is 1. The fraction of sp³-hybridized carbons (Fsp3) is 0.500. The number of carbonyl (C=O) groups is 2. The predicted octanol–water partition coefficient (Wildman–Crippen LogP) is 0.521. The van der Waals surface area contributed by atoms with E-state index in [0.29, 0.717) is 6.54 Å². The minimum atomic E-state index is -1.12. The average Bonchev–Trinajstić information content (AvgIpc) is 2.64. The van der Waals surface area contributed by atoms with Crippen molar-refractivity contribution < 1.29 is 14.7 Å². The second kappa shape index (κ2) is 5.74. The molecule has 1 heterocycles. The Kier molecular flexibility index (Phi) is 4.59. The second-order valence-corrected chi connectivity index (χ2v) is 4.84. The van der Waals surface area contributed by atoms with Crippen molar-refractivity contribution in [1.82, 2.24) is 15.2 Å². The van der Waals surface area contributed by atoms with Gasteiger partial charge < -0.3 is 15.3 Å². The molecule has 1 unspecified atom stereocenters. The second-order valence-electron chi connectivity index (χ2n) is 3.98. The van der Waals surface area contributed by atoms with E-state index in [1.807, 2.05) is 25.9 Å². The molecule has 1 atom stereocenters. The summed E-state index contributed by atoms with van der Waals surface area (Å²) in [7, 11) is 3.82. The molecule has 0 aliphatic heterocycles. The SMILES string of the molecule is CC(CN(C)C)NC(=O)c1csc(C(=O)O)n1. The normalized spacial score (nSPS) is 12.5. The zero-order valence-corrected chi connectivity index (χ0v) is 10.7. The first kappa shape index (κ1) is 13.6. The summed E-state index contributed by atoms with van der Waals surface area (Å²) in [6.07, 6.45) is 0. The van der Waals surface area contributed by atoms with Crippen LogP contribution in [0.3, 0.4) is 0 Å². The van der Waals surface area contributed by atoms with Gasteiger partial charge in [-0.05, 0) is 21.0 Å². The summed E-state index contributed by atoms with van der Waals surface area (Å²) >= 11 is 0.945. The number of thiazole rings is 1. The lowest BCUT2D eigenvalue weighted by Crippen LogP contribution is -2.39. The Bertz CT molecular complexity index is 417. The van der Waals surface area contributed by atoms with E-state index < -0.39 is 5.97 Å². The molecular formula is C10H15N3O3S. The van der Waals surface area contributed by atoms with Crippen LogP contribution in [0.1, 0.15) is 27.2 Å². The number of likely N-dealkylation sites (N-methyl/N-ethyl adjacent to an activating group) is 1. The summed E-state index contributed by atoms with van der Waals surface area (Å²) in [5.41, 5.74) is 0.151. The number of carboxylic acid groups (broad SMARTS) is 1. The van der Waals surface area contributed by atoms with Crippen molar-refractivity contribution in [2.75, 3.05) is 20.6 Å². The maximum atomic E-state index is 11.7. The van der Waals surface area contributed by atoms with Gasteiger partial charge in [0, 0.05) is 18.0 Å². The van der Waals surface area contributed by atoms with Crippen molar-refractivity contribution >= 4 is 23.2 Å². The standard InChI is InChI=1S/C10H15N3O3S/c1-6(4-13(2)3)11-8(14)7-5-17-9(12-7)10(15)16/h5-6H,4H2,1-3H3,(H,11,14)(H,15,16). The predicted molar refractivity (Wildman–Crippen MR) is 64.6 cm³/mol. The molecule has 0 aliphatic carbocycles. The van der Waals surface area contributed by atoms with Gasteiger partial charge in [0.05, 0.1) is 0 Å². The van der Waals surface area contributed by atoms with Crippen LogP contribution in [-0.2, 0) is 0 Å². The molecular weight excluding hydrogens is 242 g/mol. The van der Waals surface area contributed by atoms with Crippen LogP contribution in [0.15, 0.2) is 5.38 Å². The van der Waals surface area contributed by atoms with Gasteiger partial charge in [0.25, 0.3) is 5.91 Å². The van der Waals surface area contributed by atoms with Crippen molar-refractivity contribution in [2.45, 2.75) is 13.0 Å². The number of hydrogen-bond donors (Lipinski definition) is 2. The molecule has 1 aromatic heterocycles. The molecule has 0 bridgehead atoms. The number of rotatable bonds is 5. The first-order valence-corrected chi connectivity index (χ1v) is 5.92. The van der Waals surface area contributed by atoms with E-state index in [1.165, 1.54) is 5.38 Å². The Balaban J connectivity index is 2.60. The Morgan fingerprint density at radius 2 is 2.24 bits per heavy atom. The van der Waals surface area contributed by atoms with Gasteiger partial charge in [-0.3, -0.25) is 4.79 Å². The summed E-state index contributed by atoms with van der Waals surface area (Å²) in [6, 6.07) is -0.0209. The van der Waals surface area contributed by atoms with Crippen molar-refractivity contribution in [3.8, 4) is 0 Å². The average molecular weight is 257 g/mol. The zero-order chi connectivity index (χ0) is 13.0. The lowest BCUT2D eigenvalue weighted by molar-refractivity contribution is 0.0696. The summed E-state index contributed by atoms with van der Waals surface area (Å²) in [5, 5.41) is 12.8. The molecule has 94 valence electrons. The number of nitrogens with zero attached hydrogens (tertiary/aromatic N) is 2. The molecule has 0 aromatic carbocycles. The van der Waals surface area contributed by atoms with Gasteiger partial charge in [-0.15, -0.1) is 11.3 Å². The molecule has 1 aromatic rings. The highest BCUT2D eigenvalue weighted by molar-refractivity contribution is 7.11. The molecule has 0 fully saturated rings. The first-order valence-electron chi connectivity index (χ1n) is 5.04. The largest absolute Gasteiger partial charge is 0.476 e. The van der Waals surface area contributed by atoms with Crippen LogP contribution in [-0.4, -0.2) is 53.5 Å². The van der Waals surface area contributed by atoms with Gasteiger partial charge in [0.15, 0.2) is 0 Å². The van der Waals surface area contributed by atoms with E-state index in [0.717, 1.165) is 11.3 Å². The maximum absolute atomic E-state index is 11.7. The lowest BCUT2D eigenvalue weighted by atomic mass is 10.3. The van der Waals surface area contributed by atoms with E-state index >= 15 is 0 Å². The number of carbonyl (C=O) groups excluding carboxylic acids is 1. The van der Waals surface area contributed by atoms with Gasteiger partial charge >= 0.3 is 5.97 Å². The number of nitrogens with one attached hydrogen (secondary N) is 1. The molecule has 1 amide bonds. The molecule has 0 saturated carbocycles. The van der Waals surface area contributed by atoms with Gasteiger partial charge in [0.2, 0.25) is 5.01 Å². The highest BCUT2D eigenvalue weighted by Gasteiger charge is 2.16. The third kappa shape index (κ3) is 4.12. The molecule has 17 heavy (non-hydrogen) atoms. The van der Waals surface area contributed by atoms with Crippen molar-refractivity contribution in [3.05, 3.63) is 16.1 Å². The molecule has 6 nitrogen and oxygen atoms in total. The Hall–Kier alpha value is -1.47. The Labute approximate surface area is 103 Å². The zero-order valence-electron chi connectivity index (χ0n) is 9.93. The van der Waals surface area contributed by atoms with Crippen LogP contribution in [0.4, 0.5) is 0 Å². The molecule has 0 saturated heterocycles. The molecule has 0 aliphatic rings. The van der Waals surface area contributed by atoms with Crippen molar-refractivity contribution in [2.24, 2.45) is 0 Å². The summed E-state index contributed by atoms with van der Waals surface area (Å²) in [5.74, 6) is -1.46. The van der Waals surface area contributed by atoms with Crippen LogP contribution < -0.4 is 5.32 Å². The Morgan fingerprint density at radius 1 is 1.59 bits per heavy atom. The van der Waals surface area contributed by atoms with E-state index in [4.69, 9.17) is 5.11 Å². The molecule has 7 heteroatoms. The minimum Gasteiger partial charge on any atom is -0.476 e. The number of carboxylic acids is 1. The van der Waals surface area contributed by atoms with Crippen LogP contribution in [0.2, 0.25) is 0 Å². The van der Waals surface area contributed by atoms with E-state index in [2.05, 4.69) is 10.3 Å². The first-order chi connectivity index (χ1) is 7.90. The number of hydrogen-bond acceptors (Lipinski definition) is 5. The minimum absolute atomic E-state index is 0.0209. The van der Waals surface area contributed by atoms with Crippen molar-refractivity contribution in [1.29, 1.82) is 0 Å². The van der Waals surface area contributed by atoms with Crippen LogP contribution >= 0.6 is 11.3 Å². The quantitative estimate of drug-likeness (QED) is 0.803. The number of aromatic nitrogens is 1. The van der Waals surface area contributed by atoms with Crippen LogP contribution in [0, 0.1) is 0 Å². The summed E-state index contributed by atoms with van der Waals surface area (Å²) in [4.78, 5) is 28.0. The Morgan fingerprint density at radius 3 is 2.71 bits per heavy atom. The van der Waals surface area contributed by atoms with Gasteiger partial charge in [-0.25, -0.2) is 9.78 Å². The fourth-order valence-electron chi connectivity index (χ4n) is 1.37. The maximum Gasteiger partial charge on any atom is 0.365 e. The van der Waals surface area contributed by atoms with Gasteiger partial charge in [-0.1, -0.05) is 0 Å². The lowest BCUT2D eigenvalue weighted by Gasteiger charge is -2.17. The van der Waals surface area contributed by atoms with E-state index in [-0.39, 0.29) is 22.7 Å². The van der Waals surface area contributed by atoms with E-state index in [9.17, 15) is 9.59 Å². The molecule has 0 radical (unpaired) electrons. The fourth-order valence-corrected chi connectivity index (χ4v) is 2.00. The van der Waals surface area contributed by atoms with Gasteiger partial charge in [-0.2, -0.15) is 0 Å². The highest BCUT2D eigenvalue weighted by Crippen LogP contribution is 2.09. The summed E-state index contributed by atoms with van der Waals surface area (Å²) < 4.78 is 0. The van der Waals surface area contributed by atoms with Gasteiger partial charge in [0.1, 0.15) is 5.69 Å². The van der Waals surface area contributed by atoms with Crippen molar-refractivity contribution in [3.63, 3.8) is 0 Å². The topological polar surface area (TPSA) is 82.5 Å². The smallest absolute Gasteiger partial charge is 0.365 e. The summed E-state index contributed by atoms with van der Waals surface area (Å²) in [6.45, 7) is 2.59. The molecule has 2 N–H and O–H groups in total. The van der Waals surface area contributed by atoms with Crippen LogP contribution in [0.25, 0.3) is 0 Å². The monoisotopic (exact) mass is 257 g/mol. The third-order valence-corrected chi connectivity index (χ3v) is 2.77. The molecule has 0 spiro atoms. The number of aromatic carboxylic acids is 1. The van der Waals surface area contributed by atoms with Crippen LogP contribution in [0.5, 0.6) is 0 Å². The molecule has 1 rings (SSSR count). The third-order valence-electron chi connectivity index (χ3n) is 1.94. The highest BCUT2D eigenvalue weighted by atomic mass is 32.1. The van der Waals surface area contributed by atoms with E-state index in [1.54, 1.807) is 0 Å².